The fourth-order valence-corrected chi connectivity index (χ4v) is 2.10. The Hall–Kier alpha value is -1.81. The molecule has 0 saturated heterocycles. The summed E-state index contributed by atoms with van der Waals surface area (Å²) in [7, 11) is 0. The zero-order chi connectivity index (χ0) is 12.8. The number of hydrogen-bond donors (Lipinski definition) is 1. The van der Waals surface area contributed by atoms with E-state index in [1.165, 1.54) is 5.56 Å². The van der Waals surface area contributed by atoms with Crippen molar-refractivity contribution in [1.82, 2.24) is 5.32 Å². The number of carbonyl (C=O) groups is 1. The second-order valence-corrected chi connectivity index (χ2v) is 5.03. The molecule has 0 bridgehead atoms. The minimum absolute atomic E-state index is 0.302. The van der Waals surface area contributed by atoms with Crippen molar-refractivity contribution >= 4 is 17.4 Å². The molecular weight excluding hydrogens is 246 g/mol. The van der Waals surface area contributed by atoms with E-state index >= 15 is 0 Å². The van der Waals surface area contributed by atoms with Gasteiger partial charge in [0.05, 0.1) is 6.54 Å². The molecule has 1 amide bonds. The lowest BCUT2D eigenvalue weighted by molar-refractivity contribution is 0.139. The van der Waals surface area contributed by atoms with Crippen LogP contribution in [0, 0.1) is 6.92 Å². The van der Waals surface area contributed by atoms with Crippen molar-refractivity contribution in [3.05, 3.63) is 57.8 Å². The van der Waals surface area contributed by atoms with E-state index in [2.05, 4.69) is 5.32 Å². The van der Waals surface area contributed by atoms with Crippen molar-refractivity contribution < 1.29 is 9.53 Å². The Morgan fingerprint density at radius 1 is 1.28 bits per heavy atom. The Morgan fingerprint density at radius 3 is 2.72 bits per heavy atom. The summed E-state index contributed by atoms with van der Waals surface area (Å²) in [5, 5.41) is 4.70. The van der Waals surface area contributed by atoms with Crippen LogP contribution in [0.1, 0.15) is 16.0 Å². The van der Waals surface area contributed by atoms with Crippen LogP contribution in [0.4, 0.5) is 4.79 Å². The van der Waals surface area contributed by atoms with E-state index in [1.807, 2.05) is 48.7 Å². The molecule has 0 spiro atoms. The highest BCUT2D eigenvalue weighted by atomic mass is 32.1. The largest absolute Gasteiger partial charge is 0.445 e. The Morgan fingerprint density at radius 2 is 2.06 bits per heavy atom. The number of carbonyl (C=O) groups excluding carboxylic acids is 1. The van der Waals surface area contributed by atoms with Gasteiger partial charge in [-0.3, -0.25) is 0 Å². The zero-order valence-electron chi connectivity index (χ0n) is 10.2. The first-order valence-corrected chi connectivity index (χ1v) is 6.60. The topological polar surface area (TPSA) is 38.3 Å². The van der Waals surface area contributed by atoms with Gasteiger partial charge in [0.1, 0.15) is 6.61 Å². The summed E-state index contributed by atoms with van der Waals surface area (Å²) in [6, 6.07) is 11.9. The third-order valence-electron chi connectivity index (χ3n) is 2.48. The third kappa shape index (κ3) is 3.89. The Labute approximate surface area is 110 Å². The van der Waals surface area contributed by atoms with Crippen LogP contribution in [0.2, 0.25) is 0 Å². The fraction of sp³-hybridized carbons (Fsp3) is 0.214. The Balaban J connectivity index is 1.73. The number of amides is 1. The molecule has 0 aliphatic carbocycles. The molecule has 0 radical (unpaired) electrons. The summed E-state index contributed by atoms with van der Waals surface area (Å²) in [5.74, 6) is 0. The summed E-state index contributed by atoms with van der Waals surface area (Å²) in [6.45, 7) is 2.85. The maximum atomic E-state index is 11.4. The molecule has 4 heteroatoms. The van der Waals surface area contributed by atoms with Gasteiger partial charge in [0.15, 0.2) is 0 Å². The normalized spacial score (nSPS) is 10.1. The molecule has 94 valence electrons. The molecule has 0 atom stereocenters. The predicted molar refractivity (Wildman–Crippen MR) is 72.5 cm³/mol. The van der Waals surface area contributed by atoms with E-state index in [1.54, 1.807) is 11.3 Å². The van der Waals surface area contributed by atoms with Gasteiger partial charge in [-0.05, 0) is 23.9 Å². The molecule has 1 aromatic heterocycles. The number of benzene rings is 1. The average molecular weight is 261 g/mol. The fourth-order valence-electron chi connectivity index (χ4n) is 1.46. The lowest BCUT2D eigenvalue weighted by Crippen LogP contribution is -2.23. The van der Waals surface area contributed by atoms with Gasteiger partial charge in [0, 0.05) is 4.88 Å². The highest BCUT2D eigenvalue weighted by molar-refractivity contribution is 7.09. The minimum atomic E-state index is -0.385. The molecule has 0 aliphatic heterocycles. The van der Waals surface area contributed by atoms with E-state index < -0.39 is 0 Å². The van der Waals surface area contributed by atoms with Gasteiger partial charge in [-0.15, -0.1) is 11.3 Å². The molecule has 1 N–H and O–H groups in total. The molecule has 3 nitrogen and oxygen atoms in total. The van der Waals surface area contributed by atoms with Gasteiger partial charge >= 0.3 is 6.09 Å². The SMILES string of the molecule is Cc1ccc(COC(=O)NCc2cccs2)cc1. The first-order chi connectivity index (χ1) is 8.74. The van der Waals surface area contributed by atoms with Gasteiger partial charge in [-0.25, -0.2) is 4.79 Å². The number of aryl methyl sites for hydroxylation is 1. The third-order valence-corrected chi connectivity index (χ3v) is 3.35. The molecule has 2 aromatic rings. The first-order valence-electron chi connectivity index (χ1n) is 5.72. The van der Waals surface area contributed by atoms with Gasteiger partial charge < -0.3 is 10.1 Å². The van der Waals surface area contributed by atoms with Crippen molar-refractivity contribution in [2.75, 3.05) is 0 Å². The van der Waals surface area contributed by atoms with Gasteiger partial charge in [0.2, 0.25) is 0 Å². The van der Waals surface area contributed by atoms with E-state index in [4.69, 9.17) is 4.74 Å². The molecule has 2 rings (SSSR count). The molecular formula is C14H15NO2S. The lowest BCUT2D eigenvalue weighted by Gasteiger charge is -2.06. The first kappa shape index (κ1) is 12.6. The van der Waals surface area contributed by atoms with Gasteiger partial charge in [-0.2, -0.15) is 0 Å². The smallest absolute Gasteiger partial charge is 0.407 e. The zero-order valence-corrected chi connectivity index (χ0v) is 11.0. The second kappa shape index (κ2) is 6.21. The summed E-state index contributed by atoms with van der Waals surface area (Å²) in [5.41, 5.74) is 2.19. The standard InChI is InChI=1S/C14H15NO2S/c1-11-4-6-12(7-5-11)10-17-14(16)15-9-13-3-2-8-18-13/h2-8H,9-10H2,1H3,(H,15,16). The van der Waals surface area contributed by atoms with Crippen molar-refractivity contribution in [3.8, 4) is 0 Å². The van der Waals surface area contributed by atoms with E-state index in [9.17, 15) is 4.79 Å². The highest BCUT2D eigenvalue weighted by Gasteiger charge is 2.02. The van der Waals surface area contributed by atoms with Crippen molar-refractivity contribution in [3.63, 3.8) is 0 Å². The molecule has 18 heavy (non-hydrogen) atoms. The number of alkyl carbamates (subject to hydrolysis) is 1. The molecule has 0 unspecified atom stereocenters. The average Bonchev–Trinajstić information content (AvgIpc) is 2.89. The molecule has 0 fully saturated rings. The lowest BCUT2D eigenvalue weighted by atomic mass is 10.2. The summed E-state index contributed by atoms with van der Waals surface area (Å²) < 4.78 is 5.12. The number of nitrogens with one attached hydrogen (secondary N) is 1. The molecule has 1 heterocycles. The van der Waals surface area contributed by atoms with Crippen molar-refractivity contribution in [1.29, 1.82) is 0 Å². The molecule has 1 aromatic carbocycles. The van der Waals surface area contributed by atoms with Crippen LogP contribution < -0.4 is 5.32 Å². The quantitative estimate of drug-likeness (QED) is 0.915. The molecule has 0 aliphatic rings. The number of rotatable bonds is 4. The van der Waals surface area contributed by atoms with Crippen LogP contribution in [-0.4, -0.2) is 6.09 Å². The van der Waals surface area contributed by atoms with E-state index in [-0.39, 0.29) is 6.09 Å². The molecule has 0 saturated carbocycles. The number of ether oxygens (including phenoxy) is 1. The number of hydrogen-bond acceptors (Lipinski definition) is 3. The van der Waals surface area contributed by atoms with E-state index in [0.29, 0.717) is 13.2 Å². The summed E-state index contributed by atoms with van der Waals surface area (Å²) in [4.78, 5) is 12.6. The van der Waals surface area contributed by atoms with Crippen LogP contribution >= 0.6 is 11.3 Å². The summed E-state index contributed by atoms with van der Waals surface area (Å²) >= 11 is 1.61. The van der Waals surface area contributed by atoms with E-state index in [0.717, 1.165) is 10.4 Å². The van der Waals surface area contributed by atoms with Gasteiger partial charge in [0.25, 0.3) is 0 Å². The van der Waals surface area contributed by atoms with Crippen molar-refractivity contribution in [2.24, 2.45) is 0 Å². The maximum Gasteiger partial charge on any atom is 0.407 e. The highest BCUT2D eigenvalue weighted by Crippen LogP contribution is 2.08. The van der Waals surface area contributed by atoms with Gasteiger partial charge in [-0.1, -0.05) is 35.9 Å². The van der Waals surface area contributed by atoms with Crippen LogP contribution in [0.3, 0.4) is 0 Å². The summed E-state index contributed by atoms with van der Waals surface area (Å²) in [6.07, 6.45) is -0.385. The monoisotopic (exact) mass is 261 g/mol. The maximum absolute atomic E-state index is 11.4. The number of thiophene rings is 1. The van der Waals surface area contributed by atoms with Crippen molar-refractivity contribution in [2.45, 2.75) is 20.1 Å². The Kier molecular flexibility index (Phi) is 4.36. The Bertz CT molecular complexity index is 491. The van der Waals surface area contributed by atoms with Crippen LogP contribution in [-0.2, 0) is 17.9 Å². The second-order valence-electron chi connectivity index (χ2n) is 3.99. The minimum Gasteiger partial charge on any atom is -0.445 e. The van der Waals surface area contributed by atoms with Crippen LogP contribution in [0.15, 0.2) is 41.8 Å². The van der Waals surface area contributed by atoms with Crippen LogP contribution in [0.25, 0.3) is 0 Å². The predicted octanol–water partition coefficient (Wildman–Crippen LogP) is 3.48. The van der Waals surface area contributed by atoms with Crippen LogP contribution in [0.5, 0.6) is 0 Å².